The number of fused-ring (bicyclic) bond motifs is 1. The Morgan fingerprint density at radius 1 is 0.897 bits per heavy atom. The summed E-state index contributed by atoms with van der Waals surface area (Å²) < 4.78 is 2.28. The second kappa shape index (κ2) is 8.78. The van der Waals surface area contributed by atoms with Crippen molar-refractivity contribution in [2.75, 3.05) is 0 Å². The highest BCUT2D eigenvalue weighted by Crippen LogP contribution is 2.24. The Hall–Kier alpha value is -3.33. The largest absolute Gasteiger partial charge is 0.350 e. The highest BCUT2D eigenvalue weighted by atomic mass is 16.1. The Morgan fingerprint density at radius 3 is 2.31 bits per heavy atom. The summed E-state index contributed by atoms with van der Waals surface area (Å²) in [5.74, 6) is 0.0845. The molecule has 1 N–H and O–H groups in total. The van der Waals surface area contributed by atoms with E-state index in [0.717, 1.165) is 18.5 Å². The number of hydrogen-bond acceptors (Lipinski definition) is 1. The SMILES string of the molecule is C[C@H](NC(=O)CCc1cn(Cc2ccccc2)c2ccccc12)c1ccccc1. The van der Waals surface area contributed by atoms with Crippen molar-refractivity contribution in [3.05, 3.63) is 108 Å². The van der Waals surface area contributed by atoms with Crippen molar-refractivity contribution in [2.24, 2.45) is 0 Å². The lowest BCUT2D eigenvalue weighted by atomic mass is 10.1. The van der Waals surface area contributed by atoms with Crippen LogP contribution in [0.5, 0.6) is 0 Å². The minimum atomic E-state index is 0.0168. The van der Waals surface area contributed by atoms with Crippen LogP contribution in [0.3, 0.4) is 0 Å². The van der Waals surface area contributed by atoms with Crippen LogP contribution in [0, 0.1) is 0 Å². The molecule has 0 radical (unpaired) electrons. The van der Waals surface area contributed by atoms with Gasteiger partial charge in [0, 0.05) is 30.1 Å². The molecule has 0 spiro atoms. The second-order valence-corrected chi connectivity index (χ2v) is 7.48. The summed E-state index contributed by atoms with van der Waals surface area (Å²) in [5.41, 5.74) is 4.83. The molecule has 4 aromatic rings. The van der Waals surface area contributed by atoms with E-state index >= 15 is 0 Å². The summed E-state index contributed by atoms with van der Waals surface area (Å²) in [5, 5.41) is 4.34. The Morgan fingerprint density at radius 2 is 1.55 bits per heavy atom. The van der Waals surface area contributed by atoms with Crippen LogP contribution in [-0.4, -0.2) is 10.5 Å². The summed E-state index contributed by atoms with van der Waals surface area (Å²) in [4.78, 5) is 12.5. The van der Waals surface area contributed by atoms with Gasteiger partial charge in [-0.05, 0) is 36.1 Å². The molecule has 0 unspecified atom stereocenters. The molecule has 0 aliphatic rings. The fourth-order valence-electron chi connectivity index (χ4n) is 3.82. The van der Waals surface area contributed by atoms with Crippen molar-refractivity contribution < 1.29 is 4.79 Å². The third kappa shape index (κ3) is 4.57. The van der Waals surface area contributed by atoms with Gasteiger partial charge >= 0.3 is 0 Å². The molecule has 3 aromatic carbocycles. The van der Waals surface area contributed by atoms with Crippen LogP contribution in [-0.2, 0) is 17.8 Å². The van der Waals surface area contributed by atoms with Gasteiger partial charge in [-0.25, -0.2) is 0 Å². The van der Waals surface area contributed by atoms with E-state index in [1.54, 1.807) is 0 Å². The highest BCUT2D eigenvalue weighted by Gasteiger charge is 2.12. The quantitative estimate of drug-likeness (QED) is 0.450. The van der Waals surface area contributed by atoms with Gasteiger partial charge in [-0.1, -0.05) is 78.9 Å². The molecule has 0 aliphatic carbocycles. The Balaban J connectivity index is 1.46. The Bertz CT molecular complexity index is 1080. The van der Waals surface area contributed by atoms with Gasteiger partial charge in [0.2, 0.25) is 5.91 Å². The maximum Gasteiger partial charge on any atom is 0.220 e. The van der Waals surface area contributed by atoms with E-state index in [1.807, 2.05) is 43.3 Å². The molecule has 146 valence electrons. The molecule has 0 bridgehead atoms. The van der Waals surface area contributed by atoms with E-state index in [-0.39, 0.29) is 11.9 Å². The average molecular weight is 383 g/mol. The van der Waals surface area contributed by atoms with Crippen LogP contribution in [0.2, 0.25) is 0 Å². The predicted molar refractivity (Wildman–Crippen MR) is 119 cm³/mol. The lowest BCUT2D eigenvalue weighted by Gasteiger charge is -2.14. The van der Waals surface area contributed by atoms with Gasteiger partial charge in [0.1, 0.15) is 0 Å². The van der Waals surface area contributed by atoms with Crippen molar-refractivity contribution in [3.63, 3.8) is 0 Å². The third-order valence-electron chi connectivity index (χ3n) is 5.37. The van der Waals surface area contributed by atoms with Gasteiger partial charge in [0.25, 0.3) is 0 Å². The van der Waals surface area contributed by atoms with E-state index in [1.165, 1.54) is 22.0 Å². The molecule has 1 amide bonds. The topological polar surface area (TPSA) is 34.0 Å². The number of hydrogen-bond donors (Lipinski definition) is 1. The van der Waals surface area contributed by atoms with Crippen LogP contribution in [0.15, 0.2) is 91.1 Å². The maximum atomic E-state index is 12.5. The average Bonchev–Trinajstić information content (AvgIpc) is 3.11. The normalized spacial score (nSPS) is 12.0. The van der Waals surface area contributed by atoms with Crippen LogP contribution in [0.25, 0.3) is 10.9 Å². The van der Waals surface area contributed by atoms with Gasteiger partial charge in [-0.15, -0.1) is 0 Å². The Kier molecular flexibility index (Phi) is 5.76. The van der Waals surface area contributed by atoms with Gasteiger partial charge in [0.15, 0.2) is 0 Å². The minimum absolute atomic E-state index is 0.0168. The molecule has 1 heterocycles. The number of aromatic nitrogens is 1. The first-order valence-corrected chi connectivity index (χ1v) is 10.2. The van der Waals surface area contributed by atoms with Crippen molar-refractivity contribution in [1.82, 2.24) is 9.88 Å². The first-order valence-electron chi connectivity index (χ1n) is 10.2. The monoisotopic (exact) mass is 382 g/mol. The number of benzene rings is 3. The Labute approximate surface area is 172 Å². The van der Waals surface area contributed by atoms with Crippen molar-refractivity contribution in [3.8, 4) is 0 Å². The molecular formula is C26H26N2O. The maximum absolute atomic E-state index is 12.5. The summed E-state index contributed by atoms with van der Waals surface area (Å²) in [7, 11) is 0. The number of aryl methyl sites for hydroxylation is 1. The van der Waals surface area contributed by atoms with E-state index in [9.17, 15) is 4.79 Å². The fourth-order valence-corrected chi connectivity index (χ4v) is 3.82. The standard InChI is InChI=1S/C26H26N2O/c1-20(22-12-6-3-7-13-22)27-26(29)17-16-23-19-28(18-21-10-4-2-5-11-21)25-15-9-8-14-24(23)25/h2-15,19-20H,16-18H2,1H3,(H,27,29)/t20-/m0/s1. The smallest absolute Gasteiger partial charge is 0.220 e. The zero-order valence-corrected chi connectivity index (χ0v) is 16.7. The van der Waals surface area contributed by atoms with Crippen LogP contribution < -0.4 is 5.32 Å². The van der Waals surface area contributed by atoms with E-state index < -0.39 is 0 Å². The zero-order valence-electron chi connectivity index (χ0n) is 16.7. The number of carbonyl (C=O) groups excluding carboxylic acids is 1. The number of carbonyl (C=O) groups is 1. The summed E-state index contributed by atoms with van der Waals surface area (Å²) >= 11 is 0. The van der Waals surface area contributed by atoms with Crippen LogP contribution in [0.4, 0.5) is 0 Å². The van der Waals surface area contributed by atoms with E-state index in [0.29, 0.717) is 6.42 Å². The molecule has 29 heavy (non-hydrogen) atoms. The number of amides is 1. The highest BCUT2D eigenvalue weighted by molar-refractivity contribution is 5.85. The second-order valence-electron chi connectivity index (χ2n) is 7.48. The van der Waals surface area contributed by atoms with E-state index in [4.69, 9.17) is 0 Å². The molecular weight excluding hydrogens is 356 g/mol. The summed E-state index contributed by atoms with van der Waals surface area (Å²) in [6.45, 7) is 2.86. The lowest BCUT2D eigenvalue weighted by molar-refractivity contribution is -0.121. The molecule has 1 aromatic heterocycles. The van der Waals surface area contributed by atoms with Gasteiger partial charge in [0.05, 0.1) is 6.04 Å². The lowest BCUT2D eigenvalue weighted by Crippen LogP contribution is -2.26. The molecule has 3 heteroatoms. The van der Waals surface area contributed by atoms with Crippen LogP contribution >= 0.6 is 0 Å². The third-order valence-corrected chi connectivity index (χ3v) is 5.37. The number of nitrogens with one attached hydrogen (secondary N) is 1. The first kappa shape index (κ1) is 19.0. The van der Waals surface area contributed by atoms with Crippen LogP contribution in [0.1, 0.15) is 36.1 Å². The fraction of sp³-hybridized carbons (Fsp3) is 0.192. The number of para-hydroxylation sites is 1. The minimum Gasteiger partial charge on any atom is -0.350 e. The molecule has 0 fully saturated rings. The van der Waals surface area contributed by atoms with Crippen molar-refractivity contribution in [2.45, 2.75) is 32.4 Å². The molecule has 0 aliphatic heterocycles. The number of rotatable bonds is 7. The zero-order chi connectivity index (χ0) is 20.1. The van der Waals surface area contributed by atoms with Gasteiger partial charge in [-0.3, -0.25) is 4.79 Å². The van der Waals surface area contributed by atoms with E-state index in [2.05, 4.69) is 64.6 Å². The van der Waals surface area contributed by atoms with Gasteiger partial charge < -0.3 is 9.88 Å². The first-order chi connectivity index (χ1) is 14.2. The molecule has 3 nitrogen and oxygen atoms in total. The molecule has 0 saturated heterocycles. The molecule has 0 saturated carbocycles. The summed E-state index contributed by atoms with van der Waals surface area (Å²) in [6.07, 6.45) is 3.41. The summed E-state index contributed by atoms with van der Waals surface area (Å²) in [6, 6.07) is 29.0. The molecule has 4 rings (SSSR count). The van der Waals surface area contributed by atoms with Crippen molar-refractivity contribution in [1.29, 1.82) is 0 Å². The number of nitrogens with zero attached hydrogens (tertiary/aromatic N) is 1. The van der Waals surface area contributed by atoms with Crippen molar-refractivity contribution >= 4 is 16.8 Å². The molecule has 1 atom stereocenters. The predicted octanol–water partition coefficient (Wildman–Crippen LogP) is 5.50. The van der Waals surface area contributed by atoms with Gasteiger partial charge in [-0.2, -0.15) is 0 Å².